The number of alkyl halides is 2. The van der Waals surface area contributed by atoms with Gasteiger partial charge in [-0.1, -0.05) is 23.9 Å². The Bertz CT molecular complexity index is 606. The van der Waals surface area contributed by atoms with Crippen molar-refractivity contribution in [2.75, 3.05) is 7.11 Å². The molecule has 0 saturated carbocycles. The number of esters is 1. The average molecular weight is 314 g/mol. The van der Waals surface area contributed by atoms with Crippen LogP contribution >= 0.6 is 23.1 Å². The molecule has 0 saturated heterocycles. The first-order valence-electron chi connectivity index (χ1n) is 5.74. The van der Waals surface area contributed by atoms with Gasteiger partial charge in [0.1, 0.15) is 4.88 Å². The van der Waals surface area contributed by atoms with Gasteiger partial charge < -0.3 is 4.74 Å². The maximum absolute atomic E-state index is 12.3. The van der Waals surface area contributed by atoms with Gasteiger partial charge in [-0.2, -0.15) is 8.78 Å². The van der Waals surface area contributed by atoms with E-state index in [1.165, 1.54) is 18.4 Å². The molecule has 0 spiro atoms. The minimum Gasteiger partial charge on any atom is -0.465 e. The van der Waals surface area contributed by atoms with E-state index in [0.717, 1.165) is 16.7 Å². The van der Waals surface area contributed by atoms with Crippen LogP contribution in [0.4, 0.5) is 8.78 Å². The number of thiophene rings is 1. The van der Waals surface area contributed by atoms with E-state index < -0.39 is 5.76 Å². The largest absolute Gasteiger partial charge is 0.465 e. The summed E-state index contributed by atoms with van der Waals surface area (Å²) in [7, 11) is 1.34. The number of carbonyl (C=O) groups is 1. The highest BCUT2D eigenvalue weighted by Crippen LogP contribution is 2.34. The standard InChI is InChI=1S/C14H12F2O2S2/c1-8-7-19-12(13(17)18-2)11(8)9-3-5-10(6-4-9)20-14(15)16/h3-7,14H,1-2H3. The minimum atomic E-state index is -2.44. The number of ether oxygens (including phenoxy) is 1. The van der Waals surface area contributed by atoms with E-state index in [0.29, 0.717) is 21.5 Å². The number of hydrogen-bond acceptors (Lipinski definition) is 4. The van der Waals surface area contributed by atoms with Crippen molar-refractivity contribution in [1.29, 1.82) is 0 Å². The molecule has 0 unspecified atom stereocenters. The van der Waals surface area contributed by atoms with Crippen LogP contribution in [-0.4, -0.2) is 18.8 Å². The fraction of sp³-hybridized carbons (Fsp3) is 0.214. The van der Waals surface area contributed by atoms with E-state index in [2.05, 4.69) is 0 Å². The third-order valence-corrected chi connectivity index (χ3v) is 4.51. The fourth-order valence-corrected chi connectivity index (χ4v) is 3.34. The first kappa shape index (κ1) is 15.0. The molecule has 1 heterocycles. The van der Waals surface area contributed by atoms with Gasteiger partial charge in [-0.05, 0) is 35.6 Å². The van der Waals surface area contributed by atoms with Gasteiger partial charge in [0.25, 0.3) is 5.76 Å². The third-order valence-electron chi connectivity index (χ3n) is 2.71. The molecule has 0 atom stereocenters. The summed E-state index contributed by atoms with van der Waals surface area (Å²) in [6.45, 7) is 1.90. The molecule has 2 aromatic rings. The second kappa shape index (κ2) is 6.37. The second-order valence-corrected chi connectivity index (χ2v) is 5.96. The van der Waals surface area contributed by atoms with Gasteiger partial charge in [0.05, 0.1) is 7.11 Å². The third kappa shape index (κ3) is 3.19. The van der Waals surface area contributed by atoms with Crippen LogP contribution in [0.3, 0.4) is 0 Å². The Morgan fingerprint density at radius 1 is 1.30 bits per heavy atom. The SMILES string of the molecule is COC(=O)c1scc(C)c1-c1ccc(SC(F)F)cc1. The predicted molar refractivity (Wildman–Crippen MR) is 77.7 cm³/mol. The molecule has 1 aromatic heterocycles. The summed E-state index contributed by atoms with van der Waals surface area (Å²) in [6.07, 6.45) is 0. The lowest BCUT2D eigenvalue weighted by molar-refractivity contribution is 0.0607. The Labute approximate surface area is 123 Å². The molecule has 0 N–H and O–H groups in total. The van der Waals surface area contributed by atoms with Crippen molar-refractivity contribution < 1.29 is 18.3 Å². The van der Waals surface area contributed by atoms with Crippen molar-refractivity contribution in [3.63, 3.8) is 0 Å². The highest BCUT2D eigenvalue weighted by molar-refractivity contribution is 7.99. The van der Waals surface area contributed by atoms with Crippen LogP contribution in [0.15, 0.2) is 34.5 Å². The summed E-state index contributed by atoms with van der Waals surface area (Å²) in [5.74, 6) is -2.82. The van der Waals surface area contributed by atoms with E-state index in [9.17, 15) is 13.6 Å². The Morgan fingerprint density at radius 3 is 2.50 bits per heavy atom. The van der Waals surface area contributed by atoms with Gasteiger partial charge >= 0.3 is 5.97 Å². The first-order chi connectivity index (χ1) is 9.52. The summed E-state index contributed by atoms with van der Waals surface area (Å²) in [5.41, 5.74) is 2.59. The summed E-state index contributed by atoms with van der Waals surface area (Å²) in [4.78, 5) is 12.7. The van der Waals surface area contributed by atoms with Crippen molar-refractivity contribution >= 4 is 29.1 Å². The molecule has 6 heteroatoms. The lowest BCUT2D eigenvalue weighted by Gasteiger charge is -2.06. The van der Waals surface area contributed by atoms with Crippen molar-refractivity contribution in [3.05, 3.63) is 40.1 Å². The predicted octanol–water partition coefficient (Wildman–Crippen LogP) is 4.82. The Hall–Kier alpha value is -1.40. The molecule has 0 radical (unpaired) electrons. The van der Waals surface area contributed by atoms with Gasteiger partial charge in [0.15, 0.2) is 0 Å². The molecular formula is C14H12F2O2S2. The van der Waals surface area contributed by atoms with Crippen LogP contribution in [-0.2, 0) is 4.74 Å². The lowest BCUT2D eigenvalue weighted by atomic mass is 10.0. The van der Waals surface area contributed by atoms with Gasteiger partial charge in [0.2, 0.25) is 0 Å². The van der Waals surface area contributed by atoms with E-state index in [4.69, 9.17) is 4.74 Å². The molecule has 1 aromatic carbocycles. The number of methoxy groups -OCH3 is 1. The monoisotopic (exact) mass is 314 g/mol. The number of aryl methyl sites for hydroxylation is 1. The molecule has 0 aliphatic carbocycles. The Morgan fingerprint density at radius 2 is 1.95 bits per heavy atom. The lowest BCUT2D eigenvalue weighted by Crippen LogP contribution is -2.00. The van der Waals surface area contributed by atoms with E-state index in [1.807, 2.05) is 12.3 Å². The quantitative estimate of drug-likeness (QED) is 0.597. The average Bonchev–Trinajstić information content (AvgIpc) is 2.80. The molecular weight excluding hydrogens is 302 g/mol. The van der Waals surface area contributed by atoms with Gasteiger partial charge in [-0.15, -0.1) is 11.3 Å². The van der Waals surface area contributed by atoms with E-state index >= 15 is 0 Å². The first-order valence-corrected chi connectivity index (χ1v) is 7.50. The van der Waals surface area contributed by atoms with Crippen LogP contribution in [0.2, 0.25) is 0 Å². The molecule has 0 aliphatic heterocycles. The Kier molecular flexibility index (Phi) is 4.77. The van der Waals surface area contributed by atoms with Crippen LogP contribution in [0.5, 0.6) is 0 Å². The zero-order chi connectivity index (χ0) is 14.7. The van der Waals surface area contributed by atoms with Gasteiger partial charge in [-0.25, -0.2) is 4.79 Å². The second-order valence-electron chi connectivity index (χ2n) is 4.02. The summed E-state index contributed by atoms with van der Waals surface area (Å²) >= 11 is 1.82. The van der Waals surface area contributed by atoms with E-state index in [1.54, 1.807) is 24.3 Å². The molecule has 0 aliphatic rings. The molecule has 2 rings (SSSR count). The van der Waals surface area contributed by atoms with Gasteiger partial charge in [0, 0.05) is 10.5 Å². The van der Waals surface area contributed by atoms with Crippen LogP contribution in [0.1, 0.15) is 15.2 Å². The van der Waals surface area contributed by atoms with Crippen LogP contribution < -0.4 is 0 Å². The van der Waals surface area contributed by atoms with E-state index in [-0.39, 0.29) is 5.97 Å². The number of carbonyl (C=O) groups excluding carboxylic acids is 1. The highest BCUT2D eigenvalue weighted by Gasteiger charge is 2.18. The number of halogens is 2. The molecule has 20 heavy (non-hydrogen) atoms. The van der Waals surface area contributed by atoms with Gasteiger partial charge in [-0.3, -0.25) is 0 Å². The van der Waals surface area contributed by atoms with Crippen molar-refractivity contribution in [2.24, 2.45) is 0 Å². The Balaban J connectivity index is 2.36. The number of hydrogen-bond donors (Lipinski definition) is 0. The number of rotatable bonds is 4. The maximum atomic E-state index is 12.3. The number of benzene rings is 1. The van der Waals surface area contributed by atoms with Crippen molar-refractivity contribution in [1.82, 2.24) is 0 Å². The molecule has 2 nitrogen and oxygen atoms in total. The zero-order valence-electron chi connectivity index (χ0n) is 10.9. The molecule has 0 bridgehead atoms. The number of thioether (sulfide) groups is 1. The highest BCUT2D eigenvalue weighted by atomic mass is 32.2. The smallest absolute Gasteiger partial charge is 0.348 e. The van der Waals surface area contributed by atoms with Crippen LogP contribution in [0.25, 0.3) is 11.1 Å². The normalized spacial score (nSPS) is 10.8. The molecule has 106 valence electrons. The summed E-state index contributed by atoms with van der Waals surface area (Å²) in [6, 6.07) is 6.74. The summed E-state index contributed by atoms with van der Waals surface area (Å²) < 4.78 is 29.3. The minimum absolute atomic E-state index is 0.385. The topological polar surface area (TPSA) is 26.3 Å². The summed E-state index contributed by atoms with van der Waals surface area (Å²) in [5, 5.41) is 1.88. The zero-order valence-corrected chi connectivity index (χ0v) is 12.5. The van der Waals surface area contributed by atoms with Crippen molar-refractivity contribution in [2.45, 2.75) is 17.6 Å². The molecule has 0 fully saturated rings. The van der Waals surface area contributed by atoms with Crippen LogP contribution in [0, 0.1) is 6.92 Å². The molecule has 0 amide bonds. The fourth-order valence-electron chi connectivity index (χ4n) is 1.85. The maximum Gasteiger partial charge on any atom is 0.348 e. The van der Waals surface area contributed by atoms with Crippen molar-refractivity contribution in [3.8, 4) is 11.1 Å².